The molecule has 1 aromatic heterocycles. The summed E-state index contributed by atoms with van der Waals surface area (Å²) in [4.78, 5) is 12.3. The van der Waals surface area contributed by atoms with Crippen molar-refractivity contribution in [2.75, 3.05) is 19.6 Å². The predicted octanol–water partition coefficient (Wildman–Crippen LogP) is 2.71. The van der Waals surface area contributed by atoms with Crippen LogP contribution in [0.5, 0.6) is 0 Å². The van der Waals surface area contributed by atoms with Crippen LogP contribution in [0.25, 0.3) is 0 Å². The second-order valence-electron chi connectivity index (χ2n) is 5.94. The molecule has 1 aliphatic heterocycles. The first kappa shape index (κ1) is 14.1. The summed E-state index contributed by atoms with van der Waals surface area (Å²) in [5, 5.41) is 6.49. The van der Waals surface area contributed by atoms with Crippen molar-refractivity contribution in [3.8, 4) is 0 Å². The molecule has 3 rings (SSSR count). The number of hydrogen-bond acceptors (Lipinski definition) is 2. The van der Waals surface area contributed by atoms with Gasteiger partial charge in [0.25, 0.3) is 5.91 Å². The molecule has 2 heterocycles. The molecule has 2 aliphatic rings. The van der Waals surface area contributed by atoms with Gasteiger partial charge in [0.1, 0.15) is 5.69 Å². The Hall–Kier alpha value is -0.810. The van der Waals surface area contributed by atoms with Gasteiger partial charge in [0.05, 0.1) is 0 Å². The van der Waals surface area contributed by atoms with E-state index in [2.05, 4.69) is 31.1 Å². The van der Waals surface area contributed by atoms with E-state index in [0.717, 1.165) is 36.2 Å². The molecule has 4 nitrogen and oxygen atoms in total. The number of amides is 1. The van der Waals surface area contributed by atoms with Crippen LogP contribution in [0.2, 0.25) is 0 Å². The number of piperidine rings is 1. The average molecular weight is 340 g/mol. The zero-order valence-corrected chi connectivity index (χ0v) is 13.3. The number of halogens is 1. The van der Waals surface area contributed by atoms with Crippen LogP contribution in [0.15, 0.2) is 16.7 Å². The summed E-state index contributed by atoms with van der Waals surface area (Å²) in [7, 11) is 0. The van der Waals surface area contributed by atoms with Crippen molar-refractivity contribution in [1.82, 2.24) is 15.2 Å². The first-order valence-corrected chi connectivity index (χ1v) is 8.39. The van der Waals surface area contributed by atoms with Crippen LogP contribution in [-0.2, 0) is 0 Å². The molecule has 1 saturated carbocycles. The van der Waals surface area contributed by atoms with E-state index in [1.165, 1.54) is 25.7 Å². The molecule has 110 valence electrons. The topological polar surface area (TPSA) is 46.1 Å². The van der Waals surface area contributed by atoms with Gasteiger partial charge < -0.3 is 15.2 Å². The van der Waals surface area contributed by atoms with Crippen molar-refractivity contribution >= 4 is 21.8 Å². The largest absolute Gasteiger partial charge is 0.351 e. The van der Waals surface area contributed by atoms with Gasteiger partial charge in [-0.25, -0.2) is 0 Å². The third-order valence-electron chi connectivity index (χ3n) is 4.23. The fourth-order valence-corrected chi connectivity index (χ4v) is 3.37. The smallest absolute Gasteiger partial charge is 0.267 e. The summed E-state index contributed by atoms with van der Waals surface area (Å²) in [5.41, 5.74) is 0.793. The molecular formula is C15H22BrN3O. The van der Waals surface area contributed by atoms with Crippen LogP contribution in [0.4, 0.5) is 0 Å². The van der Waals surface area contributed by atoms with Gasteiger partial charge in [-0.3, -0.25) is 4.79 Å². The number of nitrogens with one attached hydrogen (secondary N) is 2. The number of nitrogens with zero attached hydrogens (tertiary/aromatic N) is 1. The third-order valence-corrected chi connectivity index (χ3v) is 4.66. The highest BCUT2D eigenvalue weighted by atomic mass is 79.9. The van der Waals surface area contributed by atoms with E-state index in [1.54, 1.807) is 0 Å². The predicted molar refractivity (Wildman–Crippen MR) is 82.9 cm³/mol. The lowest BCUT2D eigenvalue weighted by Gasteiger charge is -2.22. The highest BCUT2D eigenvalue weighted by molar-refractivity contribution is 9.10. The molecule has 0 aromatic carbocycles. The number of aromatic nitrogens is 1. The van der Waals surface area contributed by atoms with Gasteiger partial charge in [0.15, 0.2) is 0 Å². The minimum atomic E-state index is 0.0615. The van der Waals surface area contributed by atoms with Gasteiger partial charge in [0, 0.05) is 23.3 Å². The lowest BCUT2D eigenvalue weighted by Crippen LogP contribution is -2.33. The molecule has 1 aromatic rings. The molecule has 1 amide bonds. The van der Waals surface area contributed by atoms with E-state index in [4.69, 9.17) is 0 Å². The first-order chi connectivity index (χ1) is 9.74. The molecule has 0 spiro atoms. The van der Waals surface area contributed by atoms with E-state index in [-0.39, 0.29) is 5.91 Å². The number of carbonyl (C=O) groups is 1. The maximum absolute atomic E-state index is 12.3. The summed E-state index contributed by atoms with van der Waals surface area (Å²) >= 11 is 3.47. The minimum Gasteiger partial charge on any atom is -0.351 e. The van der Waals surface area contributed by atoms with Crippen molar-refractivity contribution in [3.05, 3.63) is 22.4 Å². The molecular weight excluding hydrogens is 318 g/mol. The molecule has 1 saturated heterocycles. The molecule has 5 heteroatoms. The van der Waals surface area contributed by atoms with Gasteiger partial charge in [-0.05, 0) is 73.1 Å². The van der Waals surface area contributed by atoms with Gasteiger partial charge in [0.2, 0.25) is 0 Å². The number of hydrogen-bond donors (Lipinski definition) is 2. The highest BCUT2D eigenvalue weighted by Gasteiger charge is 2.27. The number of rotatable bonds is 5. The second kappa shape index (κ2) is 6.31. The van der Waals surface area contributed by atoms with E-state index < -0.39 is 0 Å². The third kappa shape index (κ3) is 3.44. The summed E-state index contributed by atoms with van der Waals surface area (Å²) in [6.07, 6.45) is 8.02. The molecule has 0 bridgehead atoms. The van der Waals surface area contributed by atoms with Crippen molar-refractivity contribution in [2.24, 2.45) is 5.92 Å². The van der Waals surface area contributed by atoms with Crippen LogP contribution in [0.3, 0.4) is 0 Å². The Balaban J connectivity index is 1.51. The Labute approximate surface area is 128 Å². The van der Waals surface area contributed by atoms with E-state index >= 15 is 0 Å². The molecule has 2 fully saturated rings. The van der Waals surface area contributed by atoms with Crippen molar-refractivity contribution in [1.29, 1.82) is 0 Å². The lowest BCUT2D eigenvalue weighted by atomic mass is 9.96. The van der Waals surface area contributed by atoms with Crippen LogP contribution >= 0.6 is 15.9 Å². The quantitative estimate of drug-likeness (QED) is 0.866. The van der Waals surface area contributed by atoms with E-state index in [0.29, 0.717) is 12.0 Å². The van der Waals surface area contributed by atoms with Crippen LogP contribution < -0.4 is 10.6 Å². The lowest BCUT2D eigenvalue weighted by molar-refractivity contribution is 0.0941. The summed E-state index contributed by atoms with van der Waals surface area (Å²) in [5.74, 6) is 0.775. The Kier molecular flexibility index (Phi) is 4.46. The Morgan fingerprint density at radius 1 is 1.45 bits per heavy atom. The molecule has 2 N–H and O–H groups in total. The average Bonchev–Trinajstić information content (AvgIpc) is 3.22. The normalized spacial score (nSPS) is 22.8. The summed E-state index contributed by atoms with van der Waals surface area (Å²) < 4.78 is 3.10. The molecule has 1 aliphatic carbocycles. The summed E-state index contributed by atoms with van der Waals surface area (Å²) in [6, 6.07) is 2.46. The van der Waals surface area contributed by atoms with E-state index in [1.807, 2.05) is 12.3 Å². The highest BCUT2D eigenvalue weighted by Crippen LogP contribution is 2.37. The molecule has 0 radical (unpaired) electrons. The van der Waals surface area contributed by atoms with Crippen LogP contribution in [-0.4, -0.2) is 30.1 Å². The first-order valence-electron chi connectivity index (χ1n) is 7.60. The monoisotopic (exact) mass is 339 g/mol. The Morgan fingerprint density at radius 2 is 2.30 bits per heavy atom. The maximum Gasteiger partial charge on any atom is 0.267 e. The van der Waals surface area contributed by atoms with Gasteiger partial charge >= 0.3 is 0 Å². The minimum absolute atomic E-state index is 0.0615. The van der Waals surface area contributed by atoms with Crippen molar-refractivity contribution in [3.63, 3.8) is 0 Å². The fraction of sp³-hybridized carbons (Fsp3) is 0.667. The van der Waals surface area contributed by atoms with Crippen LogP contribution in [0, 0.1) is 5.92 Å². The fourth-order valence-electron chi connectivity index (χ4n) is 2.93. The van der Waals surface area contributed by atoms with Crippen LogP contribution in [0.1, 0.15) is 48.6 Å². The molecule has 1 unspecified atom stereocenters. The van der Waals surface area contributed by atoms with Gasteiger partial charge in [-0.15, -0.1) is 0 Å². The Bertz CT molecular complexity index is 475. The second-order valence-corrected chi connectivity index (χ2v) is 6.85. The van der Waals surface area contributed by atoms with Crippen molar-refractivity contribution in [2.45, 2.75) is 38.1 Å². The zero-order valence-electron chi connectivity index (χ0n) is 11.7. The van der Waals surface area contributed by atoms with Crippen molar-refractivity contribution < 1.29 is 4.79 Å². The van der Waals surface area contributed by atoms with Gasteiger partial charge in [-0.2, -0.15) is 0 Å². The zero-order chi connectivity index (χ0) is 13.9. The summed E-state index contributed by atoms with van der Waals surface area (Å²) in [6.45, 7) is 3.02. The standard InChI is InChI=1S/C15H22BrN3O/c16-12-8-14(19(10-12)13-3-4-13)15(20)18-7-5-11-2-1-6-17-9-11/h8,10-11,13,17H,1-7,9H2,(H,18,20). The van der Waals surface area contributed by atoms with E-state index in [9.17, 15) is 4.79 Å². The van der Waals surface area contributed by atoms with Gasteiger partial charge in [-0.1, -0.05) is 0 Å². The Morgan fingerprint density at radius 3 is 3.00 bits per heavy atom. The molecule has 20 heavy (non-hydrogen) atoms. The SMILES string of the molecule is O=C(NCCC1CCCNC1)c1cc(Br)cn1C1CC1. The molecule has 1 atom stereocenters. The number of carbonyl (C=O) groups excluding carboxylic acids is 1. The maximum atomic E-state index is 12.3.